The van der Waals surface area contributed by atoms with Crippen molar-refractivity contribution in [3.8, 4) is 0 Å². The van der Waals surface area contributed by atoms with Gasteiger partial charge in [0.25, 0.3) is 0 Å². The molecule has 1 aromatic heterocycles. The fraction of sp³-hybridized carbons (Fsp3) is 0.632. The summed E-state index contributed by atoms with van der Waals surface area (Å²) in [5, 5.41) is 33.5. The lowest BCUT2D eigenvalue weighted by Crippen LogP contribution is -2.60. The number of rotatable bonds is 10. The molecule has 0 aromatic carbocycles. The number of nitrogens with one attached hydrogen (secondary N) is 3. The molecule has 1 saturated heterocycles. The van der Waals surface area contributed by atoms with Crippen LogP contribution >= 0.6 is 0 Å². The van der Waals surface area contributed by atoms with Crippen molar-refractivity contribution in [2.24, 2.45) is 5.73 Å². The number of carbonyl (C=O) groups is 4. The topological polar surface area (TPSA) is 211 Å². The summed E-state index contributed by atoms with van der Waals surface area (Å²) in [4.78, 5) is 57.3. The Morgan fingerprint density at radius 3 is 2.41 bits per heavy atom. The number of nitrogens with zero attached hydrogens (tertiary/aromatic N) is 2. The second kappa shape index (κ2) is 11.0. The Labute approximate surface area is 184 Å². The van der Waals surface area contributed by atoms with Crippen LogP contribution in [0.4, 0.5) is 0 Å². The normalized spacial score (nSPS) is 20.7. The predicted molar refractivity (Wildman–Crippen MR) is 110 cm³/mol. The number of H-pyrrole nitrogens is 1. The molecule has 8 N–H and O–H groups in total. The molecule has 13 heteroatoms. The first-order chi connectivity index (χ1) is 15.0. The van der Waals surface area contributed by atoms with E-state index in [1.807, 2.05) is 0 Å². The van der Waals surface area contributed by atoms with Crippen molar-refractivity contribution in [2.45, 2.75) is 69.5 Å². The monoisotopic (exact) mass is 454 g/mol. The number of hydrogen-bond donors (Lipinski definition) is 7. The Bertz CT molecular complexity index is 813. The highest BCUT2D eigenvalue weighted by Gasteiger charge is 2.41. The number of imidazole rings is 1. The smallest absolute Gasteiger partial charge is 0.328 e. The van der Waals surface area contributed by atoms with Crippen molar-refractivity contribution in [1.82, 2.24) is 25.5 Å². The fourth-order valence-corrected chi connectivity index (χ4v) is 3.49. The number of amides is 3. The van der Waals surface area contributed by atoms with E-state index in [4.69, 9.17) is 10.8 Å². The van der Waals surface area contributed by atoms with Crippen LogP contribution in [0.5, 0.6) is 0 Å². The molecule has 0 bridgehead atoms. The molecule has 3 amide bonds. The second-order valence-corrected chi connectivity index (χ2v) is 7.87. The molecule has 1 fully saturated rings. The van der Waals surface area contributed by atoms with Gasteiger partial charge in [-0.05, 0) is 26.7 Å². The number of carboxylic acids is 1. The summed E-state index contributed by atoms with van der Waals surface area (Å²) in [5.41, 5.74) is 6.51. The van der Waals surface area contributed by atoms with Crippen LogP contribution in [0.25, 0.3) is 0 Å². The van der Waals surface area contributed by atoms with Crippen molar-refractivity contribution < 1.29 is 34.5 Å². The maximum absolute atomic E-state index is 13.1. The number of nitrogens with two attached hydrogens (primary N) is 1. The molecule has 178 valence electrons. The highest BCUT2D eigenvalue weighted by molar-refractivity contribution is 5.94. The Morgan fingerprint density at radius 1 is 1.22 bits per heavy atom. The molecule has 1 aliphatic heterocycles. The highest BCUT2D eigenvalue weighted by atomic mass is 16.4. The summed E-state index contributed by atoms with van der Waals surface area (Å²) >= 11 is 0. The van der Waals surface area contributed by atoms with E-state index in [0.717, 1.165) is 0 Å². The zero-order valence-corrected chi connectivity index (χ0v) is 17.9. The van der Waals surface area contributed by atoms with Crippen molar-refractivity contribution in [3.05, 3.63) is 18.2 Å². The summed E-state index contributed by atoms with van der Waals surface area (Å²) in [5.74, 6) is -3.51. The van der Waals surface area contributed by atoms with E-state index in [1.165, 1.54) is 31.3 Å². The molecule has 1 aliphatic rings. The van der Waals surface area contributed by atoms with Crippen molar-refractivity contribution in [1.29, 1.82) is 0 Å². The number of aliphatic carboxylic acids is 1. The van der Waals surface area contributed by atoms with Crippen LogP contribution in [0.3, 0.4) is 0 Å². The molecule has 6 unspecified atom stereocenters. The molecule has 6 atom stereocenters. The molecule has 1 aromatic rings. The summed E-state index contributed by atoms with van der Waals surface area (Å²) in [6.07, 6.45) is 1.20. The van der Waals surface area contributed by atoms with Crippen LogP contribution in [0, 0.1) is 0 Å². The Morgan fingerprint density at radius 2 is 1.88 bits per heavy atom. The minimum atomic E-state index is -1.53. The van der Waals surface area contributed by atoms with E-state index < -0.39 is 60.1 Å². The Kier molecular flexibility index (Phi) is 8.69. The number of aliphatic hydroxyl groups excluding tert-OH is 2. The lowest BCUT2D eigenvalue weighted by molar-refractivity contribution is -0.147. The van der Waals surface area contributed by atoms with Gasteiger partial charge in [-0.1, -0.05) is 0 Å². The number of aromatic nitrogens is 2. The third-order valence-corrected chi connectivity index (χ3v) is 5.26. The fourth-order valence-electron chi connectivity index (χ4n) is 3.49. The zero-order chi connectivity index (χ0) is 24.0. The van der Waals surface area contributed by atoms with Crippen LogP contribution in [0.1, 0.15) is 32.4 Å². The minimum Gasteiger partial charge on any atom is -0.480 e. The Balaban J connectivity index is 2.07. The van der Waals surface area contributed by atoms with Crippen LogP contribution < -0.4 is 16.4 Å². The van der Waals surface area contributed by atoms with Gasteiger partial charge in [-0.2, -0.15) is 0 Å². The maximum atomic E-state index is 13.1. The maximum Gasteiger partial charge on any atom is 0.328 e. The predicted octanol–water partition coefficient (Wildman–Crippen LogP) is -2.91. The summed E-state index contributed by atoms with van der Waals surface area (Å²) in [6.45, 7) is 2.73. The Hall–Kier alpha value is -3.03. The summed E-state index contributed by atoms with van der Waals surface area (Å²) in [6, 6.07) is -4.90. The van der Waals surface area contributed by atoms with E-state index in [1.54, 1.807) is 0 Å². The van der Waals surface area contributed by atoms with Gasteiger partial charge >= 0.3 is 5.97 Å². The molecular formula is C19H30N6O7. The van der Waals surface area contributed by atoms with Crippen LogP contribution in [0.15, 0.2) is 12.5 Å². The van der Waals surface area contributed by atoms with Gasteiger partial charge in [-0.3, -0.25) is 14.4 Å². The molecule has 0 aliphatic carbocycles. The average molecular weight is 454 g/mol. The second-order valence-electron chi connectivity index (χ2n) is 7.87. The molecule has 0 saturated carbocycles. The van der Waals surface area contributed by atoms with Crippen LogP contribution in [-0.2, 0) is 25.6 Å². The van der Waals surface area contributed by atoms with Crippen molar-refractivity contribution in [3.63, 3.8) is 0 Å². The molecule has 32 heavy (non-hydrogen) atoms. The van der Waals surface area contributed by atoms with Gasteiger partial charge in [0, 0.05) is 24.9 Å². The first-order valence-electron chi connectivity index (χ1n) is 10.3. The van der Waals surface area contributed by atoms with Crippen LogP contribution in [-0.4, -0.2) is 96.8 Å². The van der Waals surface area contributed by atoms with Gasteiger partial charge in [0.2, 0.25) is 17.7 Å². The molecule has 0 spiro atoms. The van der Waals surface area contributed by atoms with Crippen molar-refractivity contribution in [2.75, 3.05) is 6.54 Å². The molecule has 2 heterocycles. The largest absolute Gasteiger partial charge is 0.480 e. The molecular weight excluding hydrogens is 424 g/mol. The van der Waals surface area contributed by atoms with Crippen molar-refractivity contribution >= 4 is 23.7 Å². The number of aromatic amines is 1. The molecule has 13 nitrogen and oxygen atoms in total. The highest BCUT2D eigenvalue weighted by Crippen LogP contribution is 2.20. The van der Waals surface area contributed by atoms with Gasteiger partial charge in [0.05, 0.1) is 24.6 Å². The SMILES string of the molecule is CC(O)C(NC(=O)C1CCCN1C(=O)C(NC(=O)C(N)Cc1cnc[nH]1)C(C)O)C(=O)O. The first-order valence-corrected chi connectivity index (χ1v) is 10.3. The van der Waals surface area contributed by atoms with E-state index in [9.17, 15) is 29.4 Å². The van der Waals surface area contributed by atoms with E-state index in [-0.39, 0.29) is 19.4 Å². The quantitative estimate of drug-likeness (QED) is 0.193. The van der Waals surface area contributed by atoms with Gasteiger partial charge in [0.15, 0.2) is 6.04 Å². The molecule has 2 rings (SSSR count). The van der Waals surface area contributed by atoms with Gasteiger partial charge in [-0.25, -0.2) is 9.78 Å². The lowest BCUT2D eigenvalue weighted by atomic mass is 10.1. The van der Waals surface area contributed by atoms with E-state index in [0.29, 0.717) is 12.1 Å². The lowest BCUT2D eigenvalue weighted by Gasteiger charge is -2.31. The third-order valence-electron chi connectivity index (χ3n) is 5.26. The number of carboxylic acid groups (broad SMARTS) is 1. The standard InChI is InChI=1S/C19H30N6O7/c1-9(26)14(23-16(28)12(20)6-11-7-21-8-22-11)18(30)25-5-3-4-13(25)17(29)24-15(10(2)27)19(31)32/h7-10,12-15,26-27H,3-6,20H2,1-2H3,(H,21,22)(H,23,28)(H,24,29)(H,31,32). The molecule has 0 radical (unpaired) electrons. The zero-order valence-electron chi connectivity index (χ0n) is 17.9. The van der Waals surface area contributed by atoms with Gasteiger partial charge in [-0.15, -0.1) is 0 Å². The number of carbonyl (C=O) groups excluding carboxylic acids is 3. The van der Waals surface area contributed by atoms with Crippen LogP contribution in [0.2, 0.25) is 0 Å². The number of aliphatic hydroxyl groups is 2. The first kappa shape index (κ1) is 25.2. The third kappa shape index (κ3) is 6.24. The summed E-state index contributed by atoms with van der Waals surface area (Å²) in [7, 11) is 0. The average Bonchev–Trinajstić information content (AvgIpc) is 3.40. The van der Waals surface area contributed by atoms with Gasteiger partial charge in [0.1, 0.15) is 12.1 Å². The van der Waals surface area contributed by atoms with E-state index >= 15 is 0 Å². The van der Waals surface area contributed by atoms with Gasteiger partial charge < -0.3 is 41.6 Å². The number of likely N-dealkylation sites (tertiary alicyclic amines) is 1. The van der Waals surface area contributed by atoms with E-state index in [2.05, 4.69) is 20.6 Å². The number of hydrogen-bond acceptors (Lipinski definition) is 8. The minimum absolute atomic E-state index is 0.136. The summed E-state index contributed by atoms with van der Waals surface area (Å²) < 4.78 is 0.